The SMILES string of the molecule is COc1ccc(OC)c2c1CN(Cn1ncc3ccc([N+](=O)[O-])cc31)C[C@H]2O. The predicted molar refractivity (Wildman–Crippen MR) is 101 cm³/mol. The minimum Gasteiger partial charge on any atom is -0.496 e. The van der Waals surface area contributed by atoms with Gasteiger partial charge in [-0.15, -0.1) is 0 Å². The van der Waals surface area contributed by atoms with Crippen molar-refractivity contribution in [2.45, 2.75) is 19.3 Å². The molecule has 1 atom stereocenters. The van der Waals surface area contributed by atoms with Gasteiger partial charge in [0.2, 0.25) is 0 Å². The zero-order valence-corrected chi connectivity index (χ0v) is 15.5. The third-order valence-electron chi connectivity index (χ3n) is 5.03. The number of aliphatic hydroxyl groups excluding tert-OH is 1. The van der Waals surface area contributed by atoms with Gasteiger partial charge in [0.15, 0.2) is 0 Å². The Morgan fingerprint density at radius 3 is 2.71 bits per heavy atom. The number of nitro groups is 1. The Balaban J connectivity index is 1.67. The van der Waals surface area contributed by atoms with Gasteiger partial charge in [0.25, 0.3) is 5.69 Å². The van der Waals surface area contributed by atoms with Crippen LogP contribution in [0.1, 0.15) is 17.2 Å². The van der Waals surface area contributed by atoms with Gasteiger partial charge in [0.1, 0.15) is 11.5 Å². The van der Waals surface area contributed by atoms with Crippen LogP contribution < -0.4 is 9.47 Å². The van der Waals surface area contributed by atoms with E-state index in [0.29, 0.717) is 36.8 Å². The van der Waals surface area contributed by atoms with E-state index in [4.69, 9.17) is 9.47 Å². The van der Waals surface area contributed by atoms with Gasteiger partial charge in [0.05, 0.1) is 43.6 Å². The summed E-state index contributed by atoms with van der Waals surface area (Å²) in [5.74, 6) is 1.31. The zero-order valence-electron chi connectivity index (χ0n) is 15.5. The van der Waals surface area contributed by atoms with Crippen LogP contribution in [0.3, 0.4) is 0 Å². The molecule has 0 radical (unpaired) electrons. The summed E-state index contributed by atoms with van der Waals surface area (Å²) in [4.78, 5) is 12.7. The van der Waals surface area contributed by atoms with Crippen LogP contribution in [0.4, 0.5) is 5.69 Å². The number of ether oxygens (including phenoxy) is 2. The first-order valence-electron chi connectivity index (χ1n) is 8.76. The topological polar surface area (TPSA) is 103 Å². The largest absolute Gasteiger partial charge is 0.496 e. The molecule has 146 valence electrons. The average Bonchev–Trinajstić information content (AvgIpc) is 3.09. The van der Waals surface area contributed by atoms with E-state index >= 15 is 0 Å². The number of methoxy groups -OCH3 is 2. The van der Waals surface area contributed by atoms with Gasteiger partial charge in [0, 0.05) is 41.7 Å². The Kier molecular flexibility index (Phi) is 4.62. The number of fused-ring (bicyclic) bond motifs is 2. The summed E-state index contributed by atoms with van der Waals surface area (Å²) in [5.41, 5.74) is 2.29. The third kappa shape index (κ3) is 3.04. The van der Waals surface area contributed by atoms with E-state index in [1.165, 1.54) is 12.1 Å². The number of hydrogen-bond acceptors (Lipinski definition) is 7. The molecule has 4 rings (SSSR count). The lowest BCUT2D eigenvalue weighted by atomic mass is 9.95. The van der Waals surface area contributed by atoms with Crippen molar-refractivity contribution >= 4 is 16.6 Å². The summed E-state index contributed by atoms with van der Waals surface area (Å²) in [6, 6.07) is 8.27. The van der Waals surface area contributed by atoms with E-state index in [2.05, 4.69) is 5.10 Å². The van der Waals surface area contributed by atoms with Gasteiger partial charge in [-0.05, 0) is 18.2 Å². The molecule has 1 aliphatic heterocycles. The molecule has 1 aliphatic rings. The molecule has 2 heterocycles. The van der Waals surface area contributed by atoms with Gasteiger partial charge in [-0.2, -0.15) is 5.10 Å². The second-order valence-electron chi connectivity index (χ2n) is 6.68. The van der Waals surface area contributed by atoms with Crippen molar-refractivity contribution in [2.24, 2.45) is 0 Å². The number of nitro benzene ring substituents is 1. The summed E-state index contributed by atoms with van der Waals surface area (Å²) in [7, 11) is 3.16. The predicted octanol–water partition coefficient (Wildman–Crippen LogP) is 2.47. The number of rotatable bonds is 5. The highest BCUT2D eigenvalue weighted by molar-refractivity contribution is 5.80. The van der Waals surface area contributed by atoms with E-state index in [9.17, 15) is 15.2 Å². The Labute approximate surface area is 160 Å². The average molecular weight is 384 g/mol. The molecule has 0 aliphatic carbocycles. The van der Waals surface area contributed by atoms with Gasteiger partial charge < -0.3 is 14.6 Å². The van der Waals surface area contributed by atoms with Crippen LogP contribution in [-0.2, 0) is 13.2 Å². The molecule has 2 aromatic carbocycles. The Bertz CT molecular complexity index is 1050. The monoisotopic (exact) mass is 384 g/mol. The summed E-state index contributed by atoms with van der Waals surface area (Å²) < 4.78 is 12.6. The number of aliphatic hydroxyl groups is 1. The lowest BCUT2D eigenvalue weighted by Gasteiger charge is -2.33. The Morgan fingerprint density at radius 1 is 1.25 bits per heavy atom. The third-order valence-corrected chi connectivity index (χ3v) is 5.03. The molecule has 1 N–H and O–H groups in total. The standard InChI is InChI=1S/C19H20N4O5/c1-27-17-5-6-18(28-2)19-14(17)9-21(10-16(19)24)11-22-15-7-13(23(25)26)4-3-12(15)8-20-22/h3-8,16,24H,9-11H2,1-2H3/t16-/m1/s1. The molecule has 28 heavy (non-hydrogen) atoms. The molecule has 0 amide bonds. The molecule has 0 fully saturated rings. The van der Waals surface area contributed by atoms with Crippen LogP contribution >= 0.6 is 0 Å². The van der Waals surface area contributed by atoms with Crippen molar-refractivity contribution in [1.82, 2.24) is 14.7 Å². The van der Waals surface area contributed by atoms with Crippen molar-refractivity contribution in [3.63, 3.8) is 0 Å². The number of non-ortho nitro benzene ring substituents is 1. The van der Waals surface area contributed by atoms with Crippen molar-refractivity contribution in [3.8, 4) is 11.5 Å². The van der Waals surface area contributed by atoms with Crippen LogP contribution in [0, 0.1) is 10.1 Å². The number of β-amino-alcohol motifs (C(OH)–C–C–N with tert-alkyl or cyclic N) is 1. The fraction of sp³-hybridized carbons (Fsp3) is 0.316. The molecule has 0 spiro atoms. The maximum absolute atomic E-state index is 11.1. The molecule has 0 saturated carbocycles. The molecule has 0 bridgehead atoms. The quantitative estimate of drug-likeness (QED) is 0.532. The molecule has 1 aromatic heterocycles. The first-order valence-corrected chi connectivity index (χ1v) is 8.76. The van der Waals surface area contributed by atoms with E-state index < -0.39 is 11.0 Å². The minimum atomic E-state index is -0.745. The van der Waals surface area contributed by atoms with E-state index in [-0.39, 0.29) is 5.69 Å². The highest BCUT2D eigenvalue weighted by Crippen LogP contribution is 2.39. The summed E-state index contributed by atoms with van der Waals surface area (Å²) >= 11 is 0. The number of benzene rings is 2. The molecule has 9 heteroatoms. The summed E-state index contributed by atoms with van der Waals surface area (Å²) in [5, 5.41) is 27.0. The number of aromatic nitrogens is 2. The number of hydrogen-bond donors (Lipinski definition) is 1. The minimum absolute atomic E-state index is 0.0182. The lowest BCUT2D eigenvalue weighted by Crippen LogP contribution is -2.35. The fourth-order valence-electron chi connectivity index (χ4n) is 3.73. The van der Waals surface area contributed by atoms with Gasteiger partial charge in [-0.1, -0.05) is 0 Å². The van der Waals surface area contributed by atoms with E-state index in [1.54, 1.807) is 37.2 Å². The van der Waals surface area contributed by atoms with Gasteiger partial charge in [-0.3, -0.25) is 19.7 Å². The molecule has 0 saturated heterocycles. The highest BCUT2D eigenvalue weighted by atomic mass is 16.6. The molecule has 0 unspecified atom stereocenters. The van der Waals surface area contributed by atoms with E-state index in [0.717, 1.165) is 16.5 Å². The van der Waals surface area contributed by atoms with Crippen LogP contribution in [0.15, 0.2) is 36.5 Å². The lowest BCUT2D eigenvalue weighted by molar-refractivity contribution is -0.384. The van der Waals surface area contributed by atoms with Crippen LogP contribution in [0.2, 0.25) is 0 Å². The summed E-state index contributed by atoms with van der Waals surface area (Å²) in [6.45, 7) is 1.29. The van der Waals surface area contributed by atoms with Crippen molar-refractivity contribution in [3.05, 3.63) is 57.8 Å². The maximum atomic E-state index is 11.1. The fourth-order valence-corrected chi connectivity index (χ4v) is 3.73. The molecular formula is C19H20N4O5. The van der Waals surface area contributed by atoms with Crippen molar-refractivity contribution in [2.75, 3.05) is 20.8 Å². The highest BCUT2D eigenvalue weighted by Gasteiger charge is 2.30. The zero-order chi connectivity index (χ0) is 19.8. The van der Waals surface area contributed by atoms with Crippen LogP contribution in [-0.4, -0.2) is 45.5 Å². The maximum Gasteiger partial charge on any atom is 0.271 e. The van der Waals surface area contributed by atoms with Crippen molar-refractivity contribution in [1.29, 1.82) is 0 Å². The Hall–Kier alpha value is -3.17. The van der Waals surface area contributed by atoms with Crippen LogP contribution in [0.5, 0.6) is 11.5 Å². The normalized spacial score (nSPS) is 16.8. The van der Waals surface area contributed by atoms with Crippen molar-refractivity contribution < 1.29 is 19.5 Å². The smallest absolute Gasteiger partial charge is 0.271 e. The molecule has 3 aromatic rings. The summed E-state index contributed by atoms with van der Waals surface area (Å²) in [6.07, 6.45) is 0.932. The Morgan fingerprint density at radius 2 is 2.00 bits per heavy atom. The van der Waals surface area contributed by atoms with Crippen LogP contribution in [0.25, 0.3) is 10.9 Å². The first kappa shape index (κ1) is 18.2. The van der Waals surface area contributed by atoms with E-state index in [1.807, 2.05) is 11.0 Å². The van der Waals surface area contributed by atoms with Gasteiger partial charge >= 0.3 is 0 Å². The first-order chi connectivity index (χ1) is 13.5. The molecule has 9 nitrogen and oxygen atoms in total. The van der Waals surface area contributed by atoms with Gasteiger partial charge in [-0.25, -0.2) is 0 Å². The second kappa shape index (κ2) is 7.10. The second-order valence-corrected chi connectivity index (χ2v) is 6.68. The molecular weight excluding hydrogens is 364 g/mol. The number of nitrogens with zero attached hydrogens (tertiary/aromatic N) is 4.